The smallest absolute Gasteiger partial charge is 0.352 e. The highest BCUT2D eigenvalue weighted by Crippen LogP contribution is 2.76. The van der Waals surface area contributed by atoms with E-state index in [-0.39, 0.29) is 59.7 Å². The van der Waals surface area contributed by atoms with E-state index in [2.05, 4.69) is 58.7 Å². The molecule has 0 heterocycles. The maximum absolute atomic E-state index is 13.3. The molecule has 0 aromatic carbocycles. The number of rotatable bonds is 3. The van der Waals surface area contributed by atoms with Crippen molar-refractivity contribution in [3.05, 3.63) is 11.1 Å². The molecule has 260 valence electrons. The van der Waals surface area contributed by atoms with Crippen LogP contribution in [0.1, 0.15) is 145 Å². The molecule has 6 aliphatic rings. The molecular formula is C38H59F2NO5. The molecule has 0 aliphatic heterocycles. The minimum Gasteiger partial charge on any atom is -0.354 e. The molecule has 0 bridgehead atoms. The first-order chi connectivity index (χ1) is 21.3. The van der Waals surface area contributed by atoms with Crippen molar-refractivity contribution in [2.24, 2.45) is 50.7 Å². The maximum atomic E-state index is 13.3. The third kappa shape index (κ3) is 5.48. The van der Waals surface area contributed by atoms with Gasteiger partial charge in [0.05, 0.1) is 0 Å². The number of nitrogens with one attached hydrogen (secondary N) is 1. The lowest BCUT2D eigenvalue weighted by molar-refractivity contribution is -0.250. The predicted molar refractivity (Wildman–Crippen MR) is 174 cm³/mol. The molecule has 6 nitrogen and oxygen atoms in total. The first kappa shape index (κ1) is 35.5. The highest BCUT2D eigenvalue weighted by Gasteiger charge is 2.70. The van der Waals surface area contributed by atoms with E-state index < -0.39 is 17.3 Å². The zero-order valence-electron chi connectivity index (χ0n) is 29.6. The maximum Gasteiger partial charge on any atom is 0.352 e. The lowest BCUT2D eigenvalue weighted by atomic mass is 9.33. The van der Waals surface area contributed by atoms with Crippen LogP contribution in [0.5, 0.6) is 0 Å². The number of amides is 1. The van der Waals surface area contributed by atoms with E-state index in [9.17, 15) is 28.4 Å². The van der Waals surface area contributed by atoms with Crippen molar-refractivity contribution in [2.75, 3.05) is 0 Å². The summed E-state index contributed by atoms with van der Waals surface area (Å²) < 4.78 is 25.2. The molecule has 8 heteroatoms. The Morgan fingerprint density at radius 1 is 0.848 bits per heavy atom. The summed E-state index contributed by atoms with van der Waals surface area (Å²) in [6, 6.07) is -0.0397. The zero-order valence-corrected chi connectivity index (χ0v) is 29.6. The van der Waals surface area contributed by atoms with Gasteiger partial charge in [-0.3, -0.25) is 9.59 Å². The lowest BCUT2D eigenvalue weighted by Crippen LogP contribution is -2.64. The van der Waals surface area contributed by atoms with E-state index >= 15 is 0 Å². The number of carbonyl (C=O) groups excluding carboxylic acids is 3. The molecule has 0 spiro atoms. The van der Waals surface area contributed by atoms with Crippen LogP contribution in [0.25, 0.3) is 0 Å². The van der Waals surface area contributed by atoms with Crippen molar-refractivity contribution >= 4 is 17.7 Å². The SMILES string of the molecule is CC(=O)NC1CCC(F)(F)CC1.CC(C)C1=C2[C@H]3CC[C@@H]4[C@@]5(C)CCCC(C)(C)[C@@H]5CC[C@@]4(C)[C@]3(C)CC[C@@]2(C(=O)OO)CC1=O. The molecule has 2 N–H and O–H groups in total. The van der Waals surface area contributed by atoms with Crippen LogP contribution in [0.15, 0.2) is 11.1 Å². The van der Waals surface area contributed by atoms with Crippen molar-refractivity contribution in [1.29, 1.82) is 0 Å². The number of hydrogen-bond donors (Lipinski definition) is 2. The molecule has 0 radical (unpaired) electrons. The number of carbonyl (C=O) groups is 3. The van der Waals surface area contributed by atoms with Crippen molar-refractivity contribution in [3.63, 3.8) is 0 Å². The molecule has 5 fully saturated rings. The summed E-state index contributed by atoms with van der Waals surface area (Å²) in [6.07, 6.45) is 11.1. The first-order valence-electron chi connectivity index (χ1n) is 18.1. The van der Waals surface area contributed by atoms with Gasteiger partial charge in [0.2, 0.25) is 11.8 Å². The van der Waals surface area contributed by atoms with Crippen molar-refractivity contribution in [3.8, 4) is 0 Å². The van der Waals surface area contributed by atoms with Crippen LogP contribution >= 0.6 is 0 Å². The quantitative estimate of drug-likeness (QED) is 0.236. The average Bonchev–Trinajstić information content (AvgIpc) is 3.27. The van der Waals surface area contributed by atoms with Gasteiger partial charge in [-0.15, -0.1) is 0 Å². The Balaban J connectivity index is 0.000000293. The van der Waals surface area contributed by atoms with E-state index in [0.29, 0.717) is 36.0 Å². The topological polar surface area (TPSA) is 92.7 Å². The van der Waals surface area contributed by atoms with Crippen molar-refractivity contribution < 1.29 is 33.3 Å². The van der Waals surface area contributed by atoms with Crippen LogP contribution in [0.2, 0.25) is 0 Å². The molecule has 0 saturated heterocycles. The van der Waals surface area contributed by atoms with E-state index in [1.54, 1.807) is 0 Å². The number of hydrogen-bond acceptors (Lipinski definition) is 5. The Morgan fingerprint density at radius 2 is 1.50 bits per heavy atom. The molecule has 0 unspecified atom stereocenters. The summed E-state index contributed by atoms with van der Waals surface area (Å²) in [6.45, 7) is 18.2. The highest BCUT2D eigenvalue weighted by atomic mass is 19.3. The largest absolute Gasteiger partial charge is 0.354 e. The number of allylic oxidation sites excluding steroid dienone is 1. The van der Waals surface area contributed by atoms with Gasteiger partial charge < -0.3 is 10.2 Å². The number of halogens is 2. The summed E-state index contributed by atoms with van der Waals surface area (Å²) in [5, 5.41) is 12.1. The van der Waals surface area contributed by atoms with Crippen LogP contribution in [-0.4, -0.2) is 34.9 Å². The number of fused-ring (bicyclic) bond motifs is 7. The van der Waals surface area contributed by atoms with Gasteiger partial charge in [0.15, 0.2) is 5.78 Å². The fourth-order valence-electron chi connectivity index (χ4n) is 12.5. The van der Waals surface area contributed by atoms with E-state index in [4.69, 9.17) is 0 Å². The molecule has 0 aromatic rings. The van der Waals surface area contributed by atoms with Gasteiger partial charge in [-0.1, -0.05) is 54.9 Å². The van der Waals surface area contributed by atoms with E-state index in [1.165, 1.54) is 45.4 Å². The van der Waals surface area contributed by atoms with Crippen LogP contribution in [-0.2, 0) is 19.3 Å². The second-order valence-corrected chi connectivity index (χ2v) is 17.8. The standard InChI is InChI=1S/C30H46O4.C8H13F2NO/c1-18(2)23-20(31)17-30(25(32)34-33)16-15-28(6)19(24(23)30)9-10-22-27(5)13-8-12-26(3,4)21(27)11-14-29(22,28)7;1-6(12)11-7-2-4-8(9,10)5-3-7/h18-19,21-22,33H,8-17H2,1-7H3;7H,2-5H2,1H3,(H,11,12)/t19-,21+,22-,27+,28-,29-,30-;/m1./s1. The third-order valence-electron chi connectivity index (χ3n) is 14.8. The zero-order chi connectivity index (χ0) is 34.1. The number of alkyl halides is 2. The van der Waals surface area contributed by atoms with Gasteiger partial charge in [-0.2, -0.15) is 5.26 Å². The molecule has 1 amide bonds. The van der Waals surface area contributed by atoms with Gasteiger partial charge in [0, 0.05) is 32.2 Å². The third-order valence-corrected chi connectivity index (χ3v) is 14.8. The Bertz CT molecular complexity index is 1270. The van der Waals surface area contributed by atoms with Crippen LogP contribution < -0.4 is 5.32 Å². The van der Waals surface area contributed by atoms with Gasteiger partial charge in [0.25, 0.3) is 0 Å². The molecule has 6 rings (SSSR count). The second-order valence-electron chi connectivity index (χ2n) is 17.8. The molecule has 46 heavy (non-hydrogen) atoms. The molecule has 5 saturated carbocycles. The summed E-state index contributed by atoms with van der Waals surface area (Å²) in [7, 11) is 0. The van der Waals surface area contributed by atoms with Crippen molar-refractivity contribution in [1.82, 2.24) is 5.32 Å². The average molecular weight is 648 g/mol. The van der Waals surface area contributed by atoms with E-state index in [0.717, 1.165) is 29.9 Å². The normalized spacial score (nSPS) is 41.3. The van der Waals surface area contributed by atoms with Gasteiger partial charge in [0.1, 0.15) is 5.41 Å². The second kappa shape index (κ2) is 11.9. The predicted octanol–water partition coefficient (Wildman–Crippen LogP) is 9.07. The van der Waals surface area contributed by atoms with E-state index in [1.807, 2.05) is 0 Å². The molecule has 7 atom stereocenters. The fourth-order valence-corrected chi connectivity index (χ4v) is 12.5. The number of ketones is 1. The van der Waals surface area contributed by atoms with Gasteiger partial charge in [-0.05, 0) is 121 Å². The molecule has 6 aliphatic carbocycles. The Labute approximate surface area is 275 Å². The Hall–Kier alpha value is -1.83. The lowest BCUT2D eigenvalue weighted by Gasteiger charge is -2.71. The van der Waals surface area contributed by atoms with Gasteiger partial charge >= 0.3 is 5.97 Å². The Morgan fingerprint density at radius 3 is 2.09 bits per heavy atom. The summed E-state index contributed by atoms with van der Waals surface area (Å²) >= 11 is 0. The summed E-state index contributed by atoms with van der Waals surface area (Å²) in [5.74, 6) is -1.41. The minimum absolute atomic E-state index is 0.0397. The highest BCUT2D eigenvalue weighted by molar-refractivity contribution is 6.05. The van der Waals surface area contributed by atoms with Crippen LogP contribution in [0.4, 0.5) is 8.78 Å². The monoisotopic (exact) mass is 647 g/mol. The summed E-state index contributed by atoms with van der Waals surface area (Å²) in [5.41, 5.74) is 1.96. The van der Waals surface area contributed by atoms with Crippen LogP contribution in [0, 0.1) is 50.7 Å². The molecular weight excluding hydrogens is 588 g/mol. The summed E-state index contributed by atoms with van der Waals surface area (Å²) in [4.78, 5) is 41.4. The number of Topliss-reactive ketones (excluding diaryl/α,β-unsaturated/α-hetero) is 1. The van der Waals surface area contributed by atoms with Crippen LogP contribution in [0.3, 0.4) is 0 Å². The van der Waals surface area contributed by atoms with Gasteiger partial charge in [-0.25, -0.2) is 13.6 Å². The fraction of sp³-hybridized carbons (Fsp3) is 0.868. The minimum atomic E-state index is -2.50. The Kier molecular flexibility index (Phi) is 9.21. The van der Waals surface area contributed by atoms with Crippen molar-refractivity contribution in [2.45, 2.75) is 157 Å². The molecule has 0 aromatic heterocycles. The first-order valence-corrected chi connectivity index (χ1v) is 18.1.